The molecule has 0 amide bonds. The van der Waals surface area contributed by atoms with Crippen molar-refractivity contribution in [2.75, 3.05) is 6.61 Å². The number of amidine groups is 1. The molecule has 0 spiro atoms. The molecule has 12 heteroatoms. The smallest absolute Gasteiger partial charge is 0.365 e. The lowest BCUT2D eigenvalue weighted by Gasteiger charge is -2.13. The van der Waals surface area contributed by atoms with Gasteiger partial charge in [-0.15, -0.1) is 0 Å². The van der Waals surface area contributed by atoms with Crippen LogP contribution in [0, 0.1) is 6.92 Å². The number of aryl methyl sites for hydroxylation is 2. The molecule has 0 aliphatic rings. The van der Waals surface area contributed by atoms with E-state index in [0.717, 1.165) is 15.1 Å². The van der Waals surface area contributed by atoms with E-state index in [9.17, 15) is 18.0 Å². The van der Waals surface area contributed by atoms with Crippen LogP contribution in [0.2, 0.25) is 5.02 Å². The summed E-state index contributed by atoms with van der Waals surface area (Å²) in [6, 6.07) is 16.0. The summed E-state index contributed by atoms with van der Waals surface area (Å²) in [5.41, 5.74) is 8.63. The Balaban J connectivity index is 1.71. The molecule has 10 nitrogen and oxygen atoms in total. The molecule has 0 aliphatic heterocycles. The van der Waals surface area contributed by atoms with E-state index >= 15 is 0 Å². The molecule has 0 atom stereocenters. The third kappa shape index (κ3) is 7.40. The van der Waals surface area contributed by atoms with Gasteiger partial charge in [0.1, 0.15) is 5.75 Å². The van der Waals surface area contributed by atoms with Crippen molar-refractivity contribution in [1.82, 2.24) is 3.97 Å². The minimum absolute atomic E-state index is 0.0861. The Morgan fingerprint density at radius 1 is 1.05 bits per heavy atom. The lowest BCUT2D eigenvalue weighted by atomic mass is 10.0. The molecule has 3 aromatic carbocycles. The highest BCUT2D eigenvalue weighted by molar-refractivity contribution is 7.90. The number of nitrogens with zero attached hydrogens (tertiary/aromatic N) is 2. The van der Waals surface area contributed by atoms with Crippen LogP contribution in [0.4, 0.5) is 0 Å². The van der Waals surface area contributed by atoms with Crippen molar-refractivity contribution in [1.29, 1.82) is 0 Å². The first-order chi connectivity index (χ1) is 20.9. The number of carbonyl (C=O) groups is 2. The number of halogens is 1. The Morgan fingerprint density at radius 2 is 1.77 bits per heavy atom. The molecule has 0 saturated heterocycles. The maximum atomic E-state index is 13.8. The van der Waals surface area contributed by atoms with Gasteiger partial charge in [-0.05, 0) is 88.6 Å². The average molecular weight is 640 g/mol. The number of aromatic nitrogens is 1. The molecule has 232 valence electrons. The fourth-order valence-electron chi connectivity index (χ4n) is 4.56. The third-order valence-electron chi connectivity index (χ3n) is 6.65. The van der Waals surface area contributed by atoms with Crippen molar-refractivity contribution >= 4 is 50.3 Å². The van der Waals surface area contributed by atoms with E-state index in [-0.39, 0.29) is 50.9 Å². The number of oxime groups is 1. The molecule has 0 saturated carbocycles. The van der Waals surface area contributed by atoms with Gasteiger partial charge < -0.3 is 20.0 Å². The van der Waals surface area contributed by atoms with Crippen LogP contribution in [0.5, 0.6) is 5.75 Å². The molecule has 4 aromatic rings. The first-order valence-electron chi connectivity index (χ1n) is 14.0. The predicted octanol–water partition coefficient (Wildman–Crippen LogP) is 5.99. The number of esters is 1. The maximum absolute atomic E-state index is 13.8. The highest BCUT2D eigenvalue weighted by Gasteiger charge is 2.23. The van der Waals surface area contributed by atoms with Crippen LogP contribution in [-0.4, -0.2) is 42.9 Å². The molecule has 4 rings (SSSR count). The van der Waals surface area contributed by atoms with Gasteiger partial charge in [0, 0.05) is 23.6 Å². The second-order valence-corrected chi connectivity index (χ2v) is 12.5. The van der Waals surface area contributed by atoms with Crippen LogP contribution >= 0.6 is 11.6 Å². The van der Waals surface area contributed by atoms with Gasteiger partial charge in [0.05, 0.1) is 33.7 Å². The zero-order valence-corrected chi connectivity index (χ0v) is 26.4. The SMILES string of the molecule is CCOC(=O)CCCc1ccc(C(N)=NOC(=O)c2ccc(OC(C)C)c(Cl)c2)c2c1ccn2S(=O)(=O)c1ccc(C)cc1. The van der Waals surface area contributed by atoms with E-state index in [1.807, 2.05) is 20.8 Å². The first kappa shape index (κ1) is 32.6. The number of hydrogen-bond acceptors (Lipinski definition) is 8. The highest BCUT2D eigenvalue weighted by Crippen LogP contribution is 2.30. The maximum Gasteiger partial charge on any atom is 0.365 e. The lowest BCUT2D eigenvalue weighted by molar-refractivity contribution is -0.143. The Morgan fingerprint density at radius 3 is 2.43 bits per heavy atom. The van der Waals surface area contributed by atoms with Crippen molar-refractivity contribution in [2.24, 2.45) is 10.9 Å². The van der Waals surface area contributed by atoms with E-state index in [0.29, 0.717) is 30.6 Å². The largest absolute Gasteiger partial charge is 0.489 e. The summed E-state index contributed by atoms with van der Waals surface area (Å²) in [7, 11) is -4.05. The van der Waals surface area contributed by atoms with Crippen molar-refractivity contribution in [3.05, 3.63) is 94.1 Å². The second kappa shape index (κ2) is 14.0. The zero-order valence-electron chi connectivity index (χ0n) is 24.9. The summed E-state index contributed by atoms with van der Waals surface area (Å²) in [5, 5.41) is 4.67. The number of carbonyl (C=O) groups excluding carboxylic acids is 2. The minimum Gasteiger partial charge on any atom is -0.489 e. The fourth-order valence-corrected chi connectivity index (χ4v) is 6.16. The second-order valence-electron chi connectivity index (χ2n) is 10.3. The molecule has 0 radical (unpaired) electrons. The van der Waals surface area contributed by atoms with Crippen molar-refractivity contribution in [3.63, 3.8) is 0 Å². The van der Waals surface area contributed by atoms with E-state index in [1.165, 1.54) is 30.5 Å². The van der Waals surface area contributed by atoms with Gasteiger partial charge in [0.2, 0.25) is 0 Å². The minimum atomic E-state index is -4.05. The number of hydrogen-bond donors (Lipinski definition) is 1. The quantitative estimate of drug-likeness (QED) is 0.0655. The Labute approximate surface area is 261 Å². The number of rotatable bonds is 12. The number of fused-ring (bicyclic) bond motifs is 1. The zero-order chi connectivity index (χ0) is 32.0. The Hall–Kier alpha value is -4.35. The molecule has 1 heterocycles. The van der Waals surface area contributed by atoms with Crippen molar-refractivity contribution < 1.29 is 32.3 Å². The van der Waals surface area contributed by atoms with E-state index < -0.39 is 16.0 Å². The summed E-state index contributed by atoms with van der Waals surface area (Å²) < 4.78 is 39.3. The predicted molar refractivity (Wildman–Crippen MR) is 169 cm³/mol. The van der Waals surface area contributed by atoms with Gasteiger partial charge in [-0.3, -0.25) is 4.79 Å². The summed E-state index contributed by atoms with van der Waals surface area (Å²) in [6.07, 6.45) is 2.53. The molecular weight excluding hydrogens is 606 g/mol. The molecular formula is C32H34ClN3O7S. The molecule has 0 bridgehead atoms. The summed E-state index contributed by atoms with van der Waals surface area (Å²) >= 11 is 6.25. The Kier molecular flexibility index (Phi) is 10.3. The van der Waals surface area contributed by atoms with Crippen LogP contribution < -0.4 is 10.5 Å². The molecule has 2 N–H and O–H groups in total. The van der Waals surface area contributed by atoms with Crippen LogP contribution in [-0.2, 0) is 30.8 Å². The van der Waals surface area contributed by atoms with Crippen molar-refractivity contribution in [2.45, 2.75) is 58.0 Å². The average Bonchev–Trinajstić information content (AvgIpc) is 3.44. The normalized spacial score (nSPS) is 12.0. The monoisotopic (exact) mass is 639 g/mol. The third-order valence-corrected chi connectivity index (χ3v) is 8.63. The fraction of sp³-hybridized carbons (Fsp3) is 0.281. The van der Waals surface area contributed by atoms with Crippen LogP contribution in [0.3, 0.4) is 0 Å². The lowest BCUT2D eigenvalue weighted by Crippen LogP contribution is -2.19. The van der Waals surface area contributed by atoms with E-state index in [4.69, 9.17) is 31.6 Å². The van der Waals surface area contributed by atoms with Gasteiger partial charge >= 0.3 is 11.9 Å². The first-order valence-corrected chi connectivity index (χ1v) is 15.9. The van der Waals surface area contributed by atoms with Crippen molar-refractivity contribution in [3.8, 4) is 5.75 Å². The molecule has 44 heavy (non-hydrogen) atoms. The Bertz CT molecular complexity index is 1810. The number of nitrogens with two attached hydrogens (primary N) is 1. The summed E-state index contributed by atoms with van der Waals surface area (Å²) in [4.78, 5) is 29.9. The van der Waals surface area contributed by atoms with E-state index in [2.05, 4.69) is 5.16 Å². The molecule has 1 aromatic heterocycles. The van der Waals surface area contributed by atoms with E-state index in [1.54, 1.807) is 43.3 Å². The molecule has 0 unspecified atom stereocenters. The standard InChI is InChI=1S/C32H34ClN3O7S/c1-5-41-29(37)8-6-7-22-11-15-26(30-25(22)17-18-36(30)44(39,40)24-13-9-21(4)10-14-24)31(34)35-43-32(38)23-12-16-28(27(33)19-23)42-20(2)3/h9-20H,5-8H2,1-4H3,(H2,34,35). The number of ether oxygens (including phenoxy) is 2. The van der Waals surface area contributed by atoms with Crippen LogP contribution in [0.15, 0.2) is 76.9 Å². The van der Waals surface area contributed by atoms with Gasteiger partial charge in [0.25, 0.3) is 10.0 Å². The summed E-state index contributed by atoms with van der Waals surface area (Å²) in [5.74, 6) is -0.922. The van der Waals surface area contributed by atoms with Crippen LogP contribution in [0.25, 0.3) is 10.9 Å². The van der Waals surface area contributed by atoms with Crippen LogP contribution in [0.1, 0.15) is 60.7 Å². The topological polar surface area (TPSA) is 139 Å². The van der Waals surface area contributed by atoms with Gasteiger partial charge in [-0.2, -0.15) is 0 Å². The van der Waals surface area contributed by atoms with Gasteiger partial charge in [-0.1, -0.05) is 40.5 Å². The number of benzene rings is 3. The molecule has 0 aliphatic carbocycles. The van der Waals surface area contributed by atoms with Gasteiger partial charge in [0.15, 0.2) is 5.84 Å². The van der Waals surface area contributed by atoms with Gasteiger partial charge in [-0.25, -0.2) is 17.2 Å². The summed E-state index contributed by atoms with van der Waals surface area (Å²) in [6.45, 7) is 7.61. The highest BCUT2D eigenvalue weighted by atomic mass is 35.5. The molecule has 0 fully saturated rings.